The van der Waals surface area contributed by atoms with E-state index in [9.17, 15) is 19.8 Å². The maximum Gasteiger partial charge on any atom is 0.305 e. The van der Waals surface area contributed by atoms with Crippen LogP contribution in [0.5, 0.6) is 0 Å². The number of rotatable bonds is 67. The van der Waals surface area contributed by atoms with Crippen molar-refractivity contribution in [2.45, 2.75) is 405 Å². The fourth-order valence-corrected chi connectivity index (χ4v) is 11.2. The number of esters is 1. The molecule has 0 aliphatic heterocycles. The molecule has 466 valence electrons. The van der Waals surface area contributed by atoms with Crippen LogP contribution in [0.1, 0.15) is 393 Å². The first-order chi connectivity index (χ1) is 39.0. The van der Waals surface area contributed by atoms with E-state index in [0.29, 0.717) is 19.4 Å². The topological polar surface area (TPSA) is 95.9 Å². The first-order valence-electron chi connectivity index (χ1n) is 35.8. The van der Waals surface area contributed by atoms with Crippen LogP contribution in [0.15, 0.2) is 36.5 Å². The third-order valence-electron chi connectivity index (χ3n) is 16.7. The number of allylic oxidation sites excluding steroid dienone is 5. The van der Waals surface area contributed by atoms with Gasteiger partial charge in [-0.3, -0.25) is 9.59 Å². The molecule has 0 saturated heterocycles. The summed E-state index contributed by atoms with van der Waals surface area (Å²) in [5.74, 6) is -0.0650. The third-order valence-corrected chi connectivity index (χ3v) is 16.7. The van der Waals surface area contributed by atoms with Crippen LogP contribution >= 0.6 is 0 Å². The number of aliphatic hydroxyl groups excluding tert-OH is 2. The van der Waals surface area contributed by atoms with E-state index in [1.807, 2.05) is 6.08 Å². The van der Waals surface area contributed by atoms with Gasteiger partial charge in [-0.25, -0.2) is 0 Å². The highest BCUT2D eigenvalue weighted by Gasteiger charge is 2.18. The van der Waals surface area contributed by atoms with Crippen LogP contribution < -0.4 is 5.32 Å². The van der Waals surface area contributed by atoms with E-state index in [-0.39, 0.29) is 18.5 Å². The number of hydrogen-bond donors (Lipinski definition) is 3. The first-order valence-corrected chi connectivity index (χ1v) is 35.8. The Balaban J connectivity index is 3.47. The zero-order valence-corrected chi connectivity index (χ0v) is 53.4. The van der Waals surface area contributed by atoms with Crippen molar-refractivity contribution in [3.05, 3.63) is 36.5 Å². The molecule has 0 aromatic heterocycles. The molecule has 3 N–H and O–H groups in total. The molecule has 2 unspecified atom stereocenters. The molecule has 0 saturated carbocycles. The Morgan fingerprint density at radius 3 is 0.962 bits per heavy atom. The van der Waals surface area contributed by atoms with Gasteiger partial charge in [-0.1, -0.05) is 352 Å². The van der Waals surface area contributed by atoms with Crippen molar-refractivity contribution in [2.75, 3.05) is 13.2 Å². The molecule has 0 aromatic rings. The van der Waals surface area contributed by atoms with E-state index >= 15 is 0 Å². The number of hydrogen-bond acceptors (Lipinski definition) is 5. The molecule has 0 rings (SSSR count). The summed E-state index contributed by atoms with van der Waals surface area (Å²) in [5, 5.41) is 23.3. The van der Waals surface area contributed by atoms with Crippen LogP contribution in [0.2, 0.25) is 0 Å². The SMILES string of the molecule is CCCCCCCCCCCCCCCCCCCCCCCCC/C=C/C(O)C(CO)NC(=O)CCCCCCCCC/C=C\C/C=C\CCCCCCCCCCCOC(=O)CCCCCCCCCCCCCCCC. The Kier molecular flexibility index (Phi) is 66.9. The predicted molar refractivity (Wildman–Crippen MR) is 347 cm³/mol. The lowest BCUT2D eigenvalue weighted by Crippen LogP contribution is -2.45. The van der Waals surface area contributed by atoms with Crippen molar-refractivity contribution < 1.29 is 24.5 Å². The molecule has 0 radical (unpaired) electrons. The van der Waals surface area contributed by atoms with Gasteiger partial charge in [0.25, 0.3) is 0 Å². The van der Waals surface area contributed by atoms with E-state index < -0.39 is 12.1 Å². The Morgan fingerprint density at radius 2 is 0.633 bits per heavy atom. The van der Waals surface area contributed by atoms with E-state index in [2.05, 4.69) is 43.5 Å². The van der Waals surface area contributed by atoms with Crippen LogP contribution in [0, 0.1) is 0 Å². The van der Waals surface area contributed by atoms with Gasteiger partial charge in [-0.05, 0) is 64.2 Å². The van der Waals surface area contributed by atoms with Crippen molar-refractivity contribution in [3.63, 3.8) is 0 Å². The van der Waals surface area contributed by atoms with Gasteiger partial charge < -0.3 is 20.3 Å². The van der Waals surface area contributed by atoms with Gasteiger partial charge in [0.05, 0.1) is 25.4 Å². The fourth-order valence-electron chi connectivity index (χ4n) is 11.2. The molecule has 79 heavy (non-hydrogen) atoms. The highest BCUT2D eigenvalue weighted by atomic mass is 16.5. The minimum atomic E-state index is -0.853. The number of carbonyl (C=O) groups is 2. The quantitative estimate of drug-likeness (QED) is 0.0320. The molecule has 0 fully saturated rings. The van der Waals surface area contributed by atoms with Crippen LogP contribution in [0.25, 0.3) is 0 Å². The van der Waals surface area contributed by atoms with Gasteiger partial charge in [-0.15, -0.1) is 0 Å². The van der Waals surface area contributed by atoms with Gasteiger partial charge in [-0.2, -0.15) is 0 Å². The van der Waals surface area contributed by atoms with Crippen molar-refractivity contribution in [1.82, 2.24) is 5.32 Å². The zero-order valence-electron chi connectivity index (χ0n) is 53.4. The minimum absolute atomic E-state index is 0.00939. The summed E-state index contributed by atoms with van der Waals surface area (Å²) in [6.07, 6.45) is 87.9. The second kappa shape index (κ2) is 68.6. The minimum Gasteiger partial charge on any atom is -0.466 e. The van der Waals surface area contributed by atoms with Crippen molar-refractivity contribution >= 4 is 11.9 Å². The third kappa shape index (κ3) is 65.1. The van der Waals surface area contributed by atoms with Gasteiger partial charge >= 0.3 is 5.97 Å². The number of unbranched alkanes of at least 4 members (excludes halogenated alkanes) is 52. The van der Waals surface area contributed by atoms with Crippen LogP contribution in [0.3, 0.4) is 0 Å². The van der Waals surface area contributed by atoms with E-state index in [0.717, 1.165) is 57.8 Å². The van der Waals surface area contributed by atoms with E-state index in [1.54, 1.807) is 6.08 Å². The molecule has 0 aromatic carbocycles. The van der Waals surface area contributed by atoms with Gasteiger partial charge in [0.15, 0.2) is 0 Å². The van der Waals surface area contributed by atoms with Crippen LogP contribution in [0.4, 0.5) is 0 Å². The average Bonchev–Trinajstić information content (AvgIpc) is 3.45. The average molecular weight is 1110 g/mol. The molecular formula is C73H139NO5. The number of carbonyl (C=O) groups excluding carboxylic acids is 2. The smallest absolute Gasteiger partial charge is 0.305 e. The summed E-state index contributed by atoms with van der Waals surface area (Å²) >= 11 is 0. The molecule has 0 heterocycles. The lowest BCUT2D eigenvalue weighted by atomic mass is 10.0. The second-order valence-corrected chi connectivity index (χ2v) is 24.6. The molecule has 1 amide bonds. The predicted octanol–water partition coefficient (Wildman–Crippen LogP) is 23.1. The van der Waals surface area contributed by atoms with Crippen molar-refractivity contribution in [3.8, 4) is 0 Å². The fraction of sp³-hybridized carbons (Fsp3) is 0.890. The van der Waals surface area contributed by atoms with Crippen molar-refractivity contribution in [1.29, 1.82) is 0 Å². The Labute approximate surface area is 494 Å². The molecule has 6 heteroatoms. The highest BCUT2D eigenvalue weighted by molar-refractivity contribution is 5.76. The number of nitrogens with one attached hydrogen (secondary N) is 1. The van der Waals surface area contributed by atoms with E-state index in [1.165, 1.54) is 308 Å². The van der Waals surface area contributed by atoms with Crippen LogP contribution in [-0.2, 0) is 14.3 Å². The number of amides is 1. The molecule has 0 aliphatic carbocycles. The highest BCUT2D eigenvalue weighted by Crippen LogP contribution is 2.18. The standard InChI is InChI=1S/C73H139NO5/c1-3-5-7-9-11-13-15-17-19-20-21-22-23-24-26-29-32-35-38-41-45-49-53-57-61-65-71(76)70(69-75)74-72(77)66-62-58-54-50-46-42-39-36-33-30-27-25-28-31-34-37-40-44-48-52-56-60-64-68-79-73(78)67-63-59-55-51-47-43-18-16-14-12-10-8-6-4-2/h25,28,30,33,61,65,70-71,75-76H,3-24,26-27,29,31-32,34-60,62-64,66-69H2,1-2H3,(H,74,77)/b28-25-,33-30-,65-61+. The lowest BCUT2D eigenvalue weighted by Gasteiger charge is -2.20. The molecule has 0 aliphatic rings. The summed E-state index contributed by atoms with van der Waals surface area (Å²) in [5.41, 5.74) is 0. The van der Waals surface area contributed by atoms with Gasteiger partial charge in [0, 0.05) is 12.8 Å². The van der Waals surface area contributed by atoms with E-state index in [4.69, 9.17) is 4.74 Å². The monoisotopic (exact) mass is 1110 g/mol. The summed E-state index contributed by atoms with van der Waals surface area (Å²) in [7, 11) is 0. The summed E-state index contributed by atoms with van der Waals surface area (Å²) < 4.78 is 5.49. The summed E-state index contributed by atoms with van der Waals surface area (Å²) in [4.78, 5) is 24.6. The second-order valence-electron chi connectivity index (χ2n) is 24.6. The lowest BCUT2D eigenvalue weighted by molar-refractivity contribution is -0.143. The largest absolute Gasteiger partial charge is 0.466 e. The Morgan fingerprint density at radius 1 is 0.354 bits per heavy atom. The molecule has 0 bridgehead atoms. The molecule has 6 nitrogen and oxygen atoms in total. The van der Waals surface area contributed by atoms with Crippen molar-refractivity contribution in [2.24, 2.45) is 0 Å². The Bertz CT molecular complexity index is 1280. The molecule has 2 atom stereocenters. The summed E-state index contributed by atoms with van der Waals surface area (Å²) in [6.45, 7) is 4.93. The number of aliphatic hydroxyl groups is 2. The first kappa shape index (κ1) is 77.1. The normalized spacial score (nSPS) is 12.7. The van der Waals surface area contributed by atoms with Crippen LogP contribution in [-0.4, -0.2) is 47.4 Å². The maximum atomic E-state index is 12.5. The Hall–Kier alpha value is -1.92. The molecule has 0 spiro atoms. The van der Waals surface area contributed by atoms with Gasteiger partial charge in [0.1, 0.15) is 0 Å². The zero-order chi connectivity index (χ0) is 57.1. The molecular weight excluding hydrogens is 971 g/mol. The van der Waals surface area contributed by atoms with Gasteiger partial charge in [0.2, 0.25) is 5.91 Å². The summed E-state index contributed by atoms with van der Waals surface area (Å²) in [6, 6.07) is -0.637. The number of ether oxygens (including phenoxy) is 1. The maximum absolute atomic E-state index is 12.5.